The number of hydrogen-bond acceptors (Lipinski definition) is 8. The normalized spacial score (nSPS) is 22.1. The fourth-order valence-corrected chi connectivity index (χ4v) is 9.40. The van der Waals surface area contributed by atoms with Crippen molar-refractivity contribution in [3.05, 3.63) is 87.7 Å². The smallest absolute Gasteiger partial charge is 0.378 e. The number of pyridine rings is 1. The standard InChI is InChI=1S/C44H49F5N8O5/c1-54(16-5-17-62-30-19-26(20-30)18-27-6-3-8-35-39(27)55(2)43(61)57(35)36-14-15-38(58)52-42(36)60)23-25-10-12-29(13-11-25)56-24-28-21-34(31(40(45)46)22-33(28)53-56)51-41(59)32-7-4-9-37(50-32)44(47,48)49/h3-4,6-9,21-22,24-26,29-30,36,40H,5,10-20,23H2,1-2H3,(H,51,59)(H,52,58,60)/t25-,26-,29-,30-,36?. The fourth-order valence-electron chi connectivity index (χ4n) is 9.40. The minimum absolute atomic E-state index is 0.0738. The summed E-state index contributed by atoms with van der Waals surface area (Å²) < 4.78 is 78.8. The number of halogens is 5. The molecule has 330 valence electrons. The number of fused-ring (bicyclic) bond motifs is 2. The van der Waals surface area contributed by atoms with Crippen molar-refractivity contribution in [2.75, 3.05) is 32.1 Å². The molecule has 4 heterocycles. The molecule has 1 unspecified atom stereocenters. The van der Waals surface area contributed by atoms with Crippen LogP contribution in [0.4, 0.5) is 27.6 Å². The van der Waals surface area contributed by atoms with Crippen molar-refractivity contribution < 1.29 is 41.1 Å². The van der Waals surface area contributed by atoms with E-state index in [1.54, 1.807) is 22.5 Å². The number of amides is 3. The van der Waals surface area contributed by atoms with Gasteiger partial charge in [0.15, 0.2) is 0 Å². The Morgan fingerprint density at radius 1 is 1.02 bits per heavy atom. The van der Waals surface area contributed by atoms with Crippen LogP contribution in [0.2, 0.25) is 0 Å². The second-order valence-corrected chi connectivity index (χ2v) is 17.1. The number of para-hydroxylation sites is 1. The van der Waals surface area contributed by atoms with E-state index in [2.05, 4.69) is 32.7 Å². The topological polar surface area (TPSA) is 145 Å². The lowest BCUT2D eigenvalue weighted by molar-refractivity contribution is -0.141. The zero-order valence-corrected chi connectivity index (χ0v) is 34.5. The van der Waals surface area contributed by atoms with Gasteiger partial charge in [-0.2, -0.15) is 18.3 Å². The Morgan fingerprint density at radius 2 is 1.77 bits per heavy atom. The number of aromatic nitrogens is 5. The maximum absolute atomic E-state index is 14.1. The van der Waals surface area contributed by atoms with E-state index >= 15 is 0 Å². The molecule has 2 saturated carbocycles. The molecule has 3 amide bonds. The Labute approximate surface area is 353 Å². The number of carbonyl (C=O) groups excluding carboxylic acids is 3. The molecule has 2 aliphatic carbocycles. The highest BCUT2D eigenvalue weighted by molar-refractivity contribution is 6.04. The SMILES string of the molecule is CN(CCCO[C@H]1C[C@H](Cc2cccc3c2n(C)c(=O)n3C2CCC(=O)NC2=O)C1)C[C@H]1CC[C@H](n2cc3cc(NC(=O)c4cccc(C(F)(F)F)n4)c(C(F)F)cc3n2)CC1. The molecule has 1 aliphatic heterocycles. The van der Waals surface area contributed by atoms with E-state index in [0.717, 1.165) is 93.7 Å². The van der Waals surface area contributed by atoms with Crippen molar-refractivity contribution in [3.8, 4) is 0 Å². The summed E-state index contributed by atoms with van der Waals surface area (Å²) in [4.78, 5) is 56.1. The van der Waals surface area contributed by atoms with Crippen LogP contribution >= 0.6 is 0 Å². The number of ether oxygens (including phenoxy) is 1. The van der Waals surface area contributed by atoms with Crippen LogP contribution in [0.25, 0.3) is 21.9 Å². The average Bonchev–Trinajstić information content (AvgIpc) is 3.75. The Hall–Kier alpha value is -5.49. The summed E-state index contributed by atoms with van der Waals surface area (Å²) in [5.41, 5.74) is 0.148. The second-order valence-electron chi connectivity index (χ2n) is 17.1. The van der Waals surface area contributed by atoms with Crippen LogP contribution in [0.5, 0.6) is 0 Å². The number of anilines is 1. The highest BCUT2D eigenvalue weighted by Crippen LogP contribution is 2.37. The van der Waals surface area contributed by atoms with Gasteiger partial charge in [0.2, 0.25) is 11.8 Å². The number of benzene rings is 2. The number of rotatable bonds is 14. The molecule has 62 heavy (non-hydrogen) atoms. The molecule has 3 fully saturated rings. The van der Waals surface area contributed by atoms with Crippen LogP contribution < -0.4 is 16.3 Å². The molecule has 18 heteroatoms. The van der Waals surface area contributed by atoms with Gasteiger partial charge in [-0.25, -0.2) is 18.6 Å². The van der Waals surface area contributed by atoms with Gasteiger partial charge in [0.25, 0.3) is 12.3 Å². The van der Waals surface area contributed by atoms with Gasteiger partial charge >= 0.3 is 11.9 Å². The van der Waals surface area contributed by atoms with E-state index < -0.39 is 47.4 Å². The number of imide groups is 1. The summed E-state index contributed by atoms with van der Waals surface area (Å²) in [5, 5.41) is 9.81. The zero-order valence-electron chi connectivity index (χ0n) is 34.5. The molecule has 0 spiro atoms. The van der Waals surface area contributed by atoms with Crippen molar-refractivity contribution in [2.24, 2.45) is 18.9 Å². The van der Waals surface area contributed by atoms with Gasteiger partial charge < -0.3 is 15.0 Å². The van der Waals surface area contributed by atoms with Crippen molar-refractivity contribution in [2.45, 2.75) is 95.0 Å². The van der Waals surface area contributed by atoms with Gasteiger partial charge in [0.1, 0.15) is 17.4 Å². The van der Waals surface area contributed by atoms with E-state index in [1.165, 1.54) is 16.7 Å². The number of carbonyl (C=O) groups is 3. The van der Waals surface area contributed by atoms with Crippen LogP contribution in [0, 0.1) is 11.8 Å². The summed E-state index contributed by atoms with van der Waals surface area (Å²) in [6, 6.07) is 10.6. The number of hydrogen-bond donors (Lipinski definition) is 2. The van der Waals surface area contributed by atoms with Crippen LogP contribution in [0.1, 0.15) is 104 Å². The molecular formula is C44H49F5N8O5. The van der Waals surface area contributed by atoms with E-state index in [4.69, 9.17) is 4.74 Å². The lowest BCUT2D eigenvalue weighted by Gasteiger charge is -2.35. The molecule has 2 aromatic carbocycles. The average molecular weight is 865 g/mol. The summed E-state index contributed by atoms with van der Waals surface area (Å²) in [5.74, 6) is -0.872. The van der Waals surface area contributed by atoms with E-state index in [1.807, 2.05) is 18.2 Å². The predicted octanol–water partition coefficient (Wildman–Crippen LogP) is 7.36. The molecule has 3 aromatic heterocycles. The molecule has 13 nitrogen and oxygen atoms in total. The maximum atomic E-state index is 14.1. The molecule has 5 aromatic rings. The molecule has 1 saturated heterocycles. The zero-order chi connectivity index (χ0) is 43.9. The number of nitrogens with one attached hydrogen (secondary N) is 2. The fraction of sp³-hybridized carbons (Fsp3) is 0.500. The Kier molecular flexibility index (Phi) is 12.3. The summed E-state index contributed by atoms with van der Waals surface area (Å²) in [6.07, 6.45) is 1.98. The minimum Gasteiger partial charge on any atom is -0.378 e. The first-order valence-electron chi connectivity index (χ1n) is 21.1. The number of nitrogens with zero attached hydrogens (tertiary/aromatic N) is 6. The second kappa shape index (κ2) is 17.7. The quantitative estimate of drug-likeness (QED) is 0.0670. The van der Waals surface area contributed by atoms with Crippen LogP contribution in [-0.4, -0.2) is 79.4 Å². The summed E-state index contributed by atoms with van der Waals surface area (Å²) in [6.45, 7) is 2.51. The minimum atomic E-state index is -4.77. The van der Waals surface area contributed by atoms with Crippen molar-refractivity contribution in [3.63, 3.8) is 0 Å². The van der Waals surface area contributed by atoms with Crippen LogP contribution in [-0.2, 0) is 34.0 Å². The highest BCUT2D eigenvalue weighted by Gasteiger charge is 2.35. The summed E-state index contributed by atoms with van der Waals surface area (Å²) >= 11 is 0. The van der Waals surface area contributed by atoms with Gasteiger partial charge in [-0.15, -0.1) is 0 Å². The Morgan fingerprint density at radius 3 is 2.50 bits per heavy atom. The maximum Gasteiger partial charge on any atom is 0.433 e. The Balaban J connectivity index is 0.770. The van der Waals surface area contributed by atoms with Gasteiger partial charge in [-0.3, -0.25) is 33.5 Å². The number of imidazole rings is 1. The van der Waals surface area contributed by atoms with Crippen LogP contribution in [0.3, 0.4) is 0 Å². The first-order valence-corrected chi connectivity index (χ1v) is 21.1. The third kappa shape index (κ3) is 9.16. The molecule has 0 radical (unpaired) electrons. The lowest BCUT2D eigenvalue weighted by Crippen LogP contribution is -2.44. The van der Waals surface area contributed by atoms with Crippen molar-refractivity contribution >= 4 is 45.3 Å². The predicted molar refractivity (Wildman–Crippen MR) is 220 cm³/mol. The van der Waals surface area contributed by atoms with Gasteiger partial charge in [-0.1, -0.05) is 18.2 Å². The summed E-state index contributed by atoms with van der Waals surface area (Å²) in [7, 11) is 3.85. The van der Waals surface area contributed by atoms with E-state index in [0.29, 0.717) is 41.3 Å². The number of piperidine rings is 1. The molecule has 3 aliphatic rings. The lowest BCUT2D eigenvalue weighted by atomic mass is 9.78. The largest absolute Gasteiger partial charge is 0.433 e. The first kappa shape index (κ1) is 43.2. The van der Waals surface area contributed by atoms with Gasteiger partial charge in [0, 0.05) is 50.3 Å². The molecule has 1 atom stereocenters. The van der Waals surface area contributed by atoms with Gasteiger partial charge in [0.05, 0.1) is 34.4 Å². The third-order valence-electron chi connectivity index (χ3n) is 12.7. The molecular weight excluding hydrogens is 816 g/mol. The number of alkyl halides is 5. The van der Waals surface area contributed by atoms with E-state index in [-0.39, 0.29) is 35.9 Å². The first-order chi connectivity index (χ1) is 29.6. The van der Waals surface area contributed by atoms with Crippen LogP contribution in [0.15, 0.2) is 59.5 Å². The molecule has 8 rings (SSSR count). The van der Waals surface area contributed by atoms with Gasteiger partial charge in [-0.05, 0) is 113 Å². The van der Waals surface area contributed by atoms with Crippen molar-refractivity contribution in [1.82, 2.24) is 34.1 Å². The molecule has 2 N–H and O–H groups in total. The van der Waals surface area contributed by atoms with E-state index in [9.17, 15) is 41.1 Å². The Bertz CT molecular complexity index is 2540. The monoisotopic (exact) mass is 864 g/mol. The molecule has 0 bridgehead atoms. The third-order valence-corrected chi connectivity index (χ3v) is 12.7. The number of aryl methyl sites for hydroxylation is 1. The highest BCUT2D eigenvalue weighted by atomic mass is 19.4. The van der Waals surface area contributed by atoms with Crippen molar-refractivity contribution in [1.29, 1.82) is 0 Å².